The molecule has 0 aromatic heterocycles. The largest absolute Gasteiger partial charge is 0.478 e. The predicted molar refractivity (Wildman–Crippen MR) is 190 cm³/mol. The van der Waals surface area contributed by atoms with E-state index in [0.717, 1.165) is 24.2 Å². The Hall–Kier alpha value is -1.84. The highest BCUT2D eigenvalue weighted by Crippen LogP contribution is 2.41. The molecule has 0 saturated heterocycles. The van der Waals surface area contributed by atoms with Gasteiger partial charge in [-0.3, -0.25) is 4.79 Å². The van der Waals surface area contributed by atoms with Crippen molar-refractivity contribution in [1.82, 2.24) is 0 Å². The summed E-state index contributed by atoms with van der Waals surface area (Å²) in [6.45, 7) is 22.3. The van der Waals surface area contributed by atoms with Crippen molar-refractivity contribution >= 4 is 12.4 Å². The first kappa shape index (κ1) is 42.2. The van der Waals surface area contributed by atoms with Crippen LogP contribution in [0.4, 0.5) is 0 Å². The summed E-state index contributed by atoms with van der Waals surface area (Å²) in [6.07, 6.45) is 23.4. The second-order valence-corrected chi connectivity index (χ2v) is 14.1. The molecule has 3 atom stereocenters. The molecule has 0 aliphatic rings. The minimum absolute atomic E-state index is 0.241. The molecule has 4 nitrogen and oxygen atoms in total. The Bertz CT molecular complexity index is 908. The number of carbonyl (C=O) groups excluding carboxylic acids is 1. The average Bonchev–Trinajstić information content (AvgIpc) is 3.00. The number of rotatable bonds is 27. The van der Waals surface area contributed by atoms with Crippen LogP contribution >= 0.6 is 0 Å². The Kier molecular flexibility index (Phi) is 23.4. The summed E-state index contributed by atoms with van der Waals surface area (Å²) in [7, 11) is 0. The van der Waals surface area contributed by atoms with Crippen molar-refractivity contribution in [3.8, 4) is 0 Å². The molecule has 44 heavy (non-hydrogen) atoms. The molecule has 256 valence electrons. The fourth-order valence-corrected chi connectivity index (χ4v) is 6.67. The highest BCUT2D eigenvalue weighted by atomic mass is 16.5. The van der Waals surface area contributed by atoms with E-state index in [1.165, 1.54) is 115 Å². The van der Waals surface area contributed by atoms with Crippen LogP contribution in [-0.4, -0.2) is 17.5 Å². The van der Waals surface area contributed by atoms with Crippen LogP contribution < -0.4 is 0 Å². The molecule has 0 heterocycles. The molecule has 0 aliphatic heterocycles. The maximum atomic E-state index is 11.4. The van der Waals surface area contributed by atoms with Gasteiger partial charge < -0.3 is 9.84 Å². The number of hydrogen-bond acceptors (Lipinski definition) is 3. The van der Waals surface area contributed by atoms with Gasteiger partial charge >= 0.3 is 5.97 Å². The zero-order valence-electron chi connectivity index (χ0n) is 30.8. The maximum Gasteiger partial charge on any atom is 0.331 e. The van der Waals surface area contributed by atoms with E-state index in [1.807, 2.05) is 13.8 Å². The van der Waals surface area contributed by atoms with Crippen molar-refractivity contribution in [2.24, 2.45) is 17.3 Å². The summed E-state index contributed by atoms with van der Waals surface area (Å²) >= 11 is 0. The third-order valence-electron chi connectivity index (χ3n) is 10.8. The van der Waals surface area contributed by atoms with Crippen LogP contribution in [-0.2, 0) is 14.3 Å². The summed E-state index contributed by atoms with van der Waals surface area (Å²) in [6, 6.07) is 0. The molecule has 0 spiro atoms. The smallest absolute Gasteiger partial charge is 0.331 e. The minimum Gasteiger partial charge on any atom is -0.478 e. The maximum absolute atomic E-state index is 11.4. The van der Waals surface area contributed by atoms with E-state index in [0.29, 0.717) is 23.9 Å². The Balaban J connectivity index is 5.22. The Morgan fingerprint density at radius 3 is 1.75 bits per heavy atom. The van der Waals surface area contributed by atoms with Crippen LogP contribution in [0.15, 0.2) is 33.6 Å². The summed E-state index contributed by atoms with van der Waals surface area (Å²) < 4.78 is 5.22. The molecule has 0 aromatic rings. The van der Waals surface area contributed by atoms with Gasteiger partial charge in [-0.05, 0) is 109 Å². The Labute approximate surface area is 273 Å². The quantitative estimate of drug-likeness (QED) is 0.0328. The first-order valence-corrected chi connectivity index (χ1v) is 18.2. The topological polar surface area (TPSA) is 63.6 Å². The van der Waals surface area contributed by atoms with Crippen LogP contribution in [0.5, 0.6) is 0 Å². The van der Waals surface area contributed by atoms with Crippen LogP contribution in [0.25, 0.3) is 0 Å². The molecule has 0 amide bonds. The Morgan fingerprint density at radius 2 is 1.23 bits per heavy atom. The van der Waals surface area contributed by atoms with E-state index in [-0.39, 0.29) is 5.41 Å². The number of carboxylic acids is 1. The first-order valence-electron chi connectivity index (χ1n) is 18.2. The van der Waals surface area contributed by atoms with E-state index >= 15 is 0 Å². The third-order valence-corrected chi connectivity index (χ3v) is 10.8. The standard InChI is InChI=1S/C40H72O4/c1-11-13-15-19-26-38(35(7)37(9)44-30-41)27-20-17-18-25-32(4)36(8)40(10,28-22-16-14-12-2)29-23-21-24-31(3)33(5)34(6)39(42)43/h30-31,38H,11-29H2,1-10H3,(H,42,43)/b34-33+,36-32?,37-35?. The number of carbonyl (C=O) groups is 2. The SMILES string of the molecule is CCCCCCC(CCCCCC(C)=C(C)C(C)(CCCCCC)CCCCC(C)/C(C)=C(\C)C(=O)O)C(C)=C(C)OC=O. The highest BCUT2D eigenvalue weighted by molar-refractivity contribution is 5.86. The van der Waals surface area contributed by atoms with Crippen LogP contribution in [0.3, 0.4) is 0 Å². The van der Waals surface area contributed by atoms with Gasteiger partial charge in [0.15, 0.2) is 0 Å². The van der Waals surface area contributed by atoms with Gasteiger partial charge in [0.1, 0.15) is 5.76 Å². The van der Waals surface area contributed by atoms with Gasteiger partial charge in [0.2, 0.25) is 0 Å². The lowest BCUT2D eigenvalue weighted by atomic mass is 9.72. The lowest BCUT2D eigenvalue weighted by Crippen LogP contribution is -2.20. The van der Waals surface area contributed by atoms with E-state index in [4.69, 9.17) is 4.74 Å². The summed E-state index contributed by atoms with van der Waals surface area (Å²) in [5, 5.41) is 9.36. The van der Waals surface area contributed by atoms with Gasteiger partial charge in [-0.15, -0.1) is 0 Å². The number of hydrogen-bond donors (Lipinski definition) is 1. The molecule has 0 radical (unpaired) electrons. The number of carboxylic acid groups (broad SMARTS) is 1. The minimum atomic E-state index is -0.793. The van der Waals surface area contributed by atoms with Crippen LogP contribution in [0.1, 0.15) is 191 Å². The molecule has 0 aliphatic carbocycles. The second-order valence-electron chi connectivity index (χ2n) is 14.1. The Morgan fingerprint density at radius 1 is 0.727 bits per heavy atom. The van der Waals surface area contributed by atoms with Gasteiger partial charge in [0, 0.05) is 5.57 Å². The number of aliphatic carboxylic acids is 1. The van der Waals surface area contributed by atoms with E-state index < -0.39 is 5.97 Å². The number of unbranched alkanes of at least 4 members (excludes halogenated alkanes) is 9. The van der Waals surface area contributed by atoms with Crippen molar-refractivity contribution in [2.75, 3.05) is 0 Å². The number of ether oxygens (including phenoxy) is 1. The molecular formula is C40H72O4. The van der Waals surface area contributed by atoms with Gasteiger partial charge in [-0.1, -0.05) is 121 Å². The van der Waals surface area contributed by atoms with Crippen molar-refractivity contribution in [3.05, 3.63) is 33.6 Å². The average molecular weight is 617 g/mol. The zero-order chi connectivity index (χ0) is 33.5. The zero-order valence-corrected chi connectivity index (χ0v) is 30.8. The molecule has 0 saturated carbocycles. The van der Waals surface area contributed by atoms with Crippen molar-refractivity contribution in [3.63, 3.8) is 0 Å². The predicted octanol–water partition coefficient (Wildman–Crippen LogP) is 12.9. The molecular weight excluding hydrogens is 544 g/mol. The second kappa shape index (κ2) is 24.4. The lowest BCUT2D eigenvalue weighted by Gasteiger charge is -2.33. The van der Waals surface area contributed by atoms with Crippen molar-refractivity contribution in [1.29, 1.82) is 0 Å². The lowest BCUT2D eigenvalue weighted by molar-refractivity contribution is -0.132. The molecule has 4 heteroatoms. The molecule has 1 N–H and O–H groups in total. The van der Waals surface area contributed by atoms with Gasteiger partial charge in [-0.2, -0.15) is 0 Å². The fourth-order valence-electron chi connectivity index (χ4n) is 6.67. The van der Waals surface area contributed by atoms with Crippen molar-refractivity contribution in [2.45, 2.75) is 191 Å². The van der Waals surface area contributed by atoms with Gasteiger partial charge in [-0.25, -0.2) is 4.79 Å². The molecule has 0 bridgehead atoms. The van der Waals surface area contributed by atoms with Crippen molar-refractivity contribution < 1.29 is 19.4 Å². The van der Waals surface area contributed by atoms with E-state index in [9.17, 15) is 14.7 Å². The fraction of sp³-hybridized carbons (Fsp3) is 0.800. The van der Waals surface area contributed by atoms with E-state index in [1.54, 1.807) is 18.1 Å². The molecule has 0 rings (SSSR count). The van der Waals surface area contributed by atoms with Crippen LogP contribution in [0.2, 0.25) is 0 Å². The van der Waals surface area contributed by atoms with Gasteiger partial charge in [0.05, 0.1) is 0 Å². The monoisotopic (exact) mass is 617 g/mol. The normalized spacial score (nSPS) is 16.3. The molecule has 0 fully saturated rings. The highest BCUT2D eigenvalue weighted by Gasteiger charge is 2.27. The van der Waals surface area contributed by atoms with Crippen LogP contribution in [0, 0.1) is 17.3 Å². The van der Waals surface area contributed by atoms with E-state index in [2.05, 4.69) is 48.5 Å². The summed E-state index contributed by atoms with van der Waals surface area (Å²) in [5.74, 6) is 0.812. The summed E-state index contributed by atoms with van der Waals surface area (Å²) in [5.41, 5.74) is 6.19. The van der Waals surface area contributed by atoms with Gasteiger partial charge in [0.25, 0.3) is 6.47 Å². The first-order chi connectivity index (χ1) is 20.9. The summed E-state index contributed by atoms with van der Waals surface area (Å²) in [4.78, 5) is 22.3. The molecule has 3 unspecified atom stereocenters. The molecule has 0 aromatic carbocycles. The third kappa shape index (κ3) is 17.0. The number of allylic oxidation sites excluding steroid dienone is 5.